The maximum atomic E-state index is 13.2. The molecule has 1 fully saturated rings. The van der Waals surface area contributed by atoms with Gasteiger partial charge in [0.15, 0.2) is 5.79 Å². The average molecular weight is 847 g/mol. The molecule has 1 aliphatic rings. The Hall–Kier alpha value is -4.19. The minimum atomic E-state index is -3.95. The van der Waals surface area contributed by atoms with Gasteiger partial charge in [-0.25, -0.2) is 0 Å². The number of allylic oxidation sites excluding steroid dienone is 1. The van der Waals surface area contributed by atoms with Gasteiger partial charge < -0.3 is 18.6 Å². The van der Waals surface area contributed by atoms with Crippen molar-refractivity contribution in [3.63, 3.8) is 0 Å². The van der Waals surface area contributed by atoms with Crippen LogP contribution in [0.4, 0.5) is 0 Å². The first-order valence-corrected chi connectivity index (χ1v) is 24.9. The average Bonchev–Trinajstić information content (AvgIpc) is 3.23. The van der Waals surface area contributed by atoms with E-state index < -0.39 is 42.0 Å². The maximum Gasteiger partial charge on any atom is 0.264 e. The minimum absolute atomic E-state index is 0.0640. The molecule has 0 aromatic heterocycles. The normalized spacial score (nSPS) is 19.3. The lowest BCUT2D eigenvalue weighted by atomic mass is 9.80. The summed E-state index contributed by atoms with van der Waals surface area (Å²) in [6.45, 7) is 13.0. The standard InChI is InChI=1S/C51H62O7SSi/c1-8-9-15-36-47-46(39-55-60(49(2,3)4,44-32-22-13-23-33-44)45-34-24-14-25-35-45)48(57-50(5,6)56-47)37-43(58-59(7,52)53)38-54-51(40-26-16-10-17-27-40,41-28-18-11-19-29-41)42-30-20-12-21-31-42/h10-36,43,46-48H,8-9,37-39H2,1-7H3/b36-15+/t43-,46?,47-,48-/m0/s1. The number of hydrogen-bond acceptors (Lipinski definition) is 7. The SMILES string of the molecule is CCC/C=C/[C@@H]1OC(C)(C)O[C@@H](C[C@@H](COC(c2ccccc2)(c2ccccc2)c2ccccc2)OS(C)(=O)=O)C1CO[Si](c1ccccc1)(c1ccccc1)C(C)(C)C. The summed E-state index contributed by atoms with van der Waals surface area (Å²) in [4.78, 5) is 0. The maximum absolute atomic E-state index is 13.2. The van der Waals surface area contributed by atoms with E-state index in [1.165, 1.54) is 10.4 Å². The molecule has 0 saturated carbocycles. The van der Waals surface area contributed by atoms with Crippen LogP contribution in [0.25, 0.3) is 0 Å². The first-order valence-electron chi connectivity index (χ1n) is 21.1. The molecule has 9 heteroatoms. The largest absolute Gasteiger partial charge is 0.407 e. The van der Waals surface area contributed by atoms with Crippen LogP contribution in [0.1, 0.15) is 77.5 Å². The van der Waals surface area contributed by atoms with Crippen molar-refractivity contribution >= 4 is 28.8 Å². The third-order valence-corrected chi connectivity index (χ3v) is 16.9. The van der Waals surface area contributed by atoms with Crippen LogP contribution in [-0.2, 0) is 38.5 Å². The second-order valence-corrected chi connectivity index (χ2v) is 23.1. The predicted molar refractivity (Wildman–Crippen MR) is 244 cm³/mol. The van der Waals surface area contributed by atoms with E-state index in [1.807, 2.05) is 117 Å². The summed E-state index contributed by atoms with van der Waals surface area (Å²) in [5.41, 5.74) is 1.63. The van der Waals surface area contributed by atoms with Crippen molar-refractivity contribution in [1.29, 1.82) is 0 Å². The number of ether oxygens (including phenoxy) is 3. The van der Waals surface area contributed by atoms with Crippen molar-refractivity contribution in [2.45, 2.75) is 95.5 Å². The van der Waals surface area contributed by atoms with Crippen molar-refractivity contribution in [2.75, 3.05) is 19.5 Å². The molecule has 6 rings (SSSR count). The molecule has 5 aromatic carbocycles. The van der Waals surface area contributed by atoms with Gasteiger partial charge in [-0.1, -0.05) is 198 Å². The summed E-state index contributed by atoms with van der Waals surface area (Å²) in [5, 5.41) is 2.07. The summed E-state index contributed by atoms with van der Waals surface area (Å²) in [6, 6.07) is 51.3. The van der Waals surface area contributed by atoms with E-state index >= 15 is 0 Å². The Morgan fingerprint density at radius 2 is 1.17 bits per heavy atom. The first kappa shape index (κ1) is 45.3. The Morgan fingerprint density at radius 3 is 1.58 bits per heavy atom. The molecule has 318 valence electrons. The summed E-state index contributed by atoms with van der Waals surface area (Å²) in [7, 11) is -6.93. The molecule has 0 radical (unpaired) electrons. The predicted octanol–water partition coefficient (Wildman–Crippen LogP) is 9.80. The number of hydrogen-bond donors (Lipinski definition) is 0. The molecule has 60 heavy (non-hydrogen) atoms. The molecule has 4 atom stereocenters. The Morgan fingerprint density at radius 1 is 0.717 bits per heavy atom. The van der Waals surface area contributed by atoms with E-state index in [-0.39, 0.29) is 30.1 Å². The van der Waals surface area contributed by atoms with E-state index in [0.29, 0.717) is 6.61 Å². The van der Waals surface area contributed by atoms with Gasteiger partial charge in [-0.2, -0.15) is 8.42 Å². The smallest absolute Gasteiger partial charge is 0.264 e. The molecule has 0 aliphatic carbocycles. The van der Waals surface area contributed by atoms with Crippen molar-refractivity contribution in [3.05, 3.63) is 181 Å². The zero-order valence-electron chi connectivity index (χ0n) is 36.2. The lowest BCUT2D eigenvalue weighted by molar-refractivity contribution is -0.317. The van der Waals surface area contributed by atoms with E-state index in [1.54, 1.807) is 0 Å². The highest BCUT2D eigenvalue weighted by molar-refractivity contribution is 7.86. The van der Waals surface area contributed by atoms with Crippen LogP contribution in [0.3, 0.4) is 0 Å². The summed E-state index contributed by atoms with van der Waals surface area (Å²) >= 11 is 0. The molecule has 0 amide bonds. The van der Waals surface area contributed by atoms with Crippen LogP contribution in [0.15, 0.2) is 164 Å². The van der Waals surface area contributed by atoms with Gasteiger partial charge in [-0.15, -0.1) is 0 Å². The molecule has 1 heterocycles. The Bertz CT molecular complexity index is 2060. The molecule has 1 aliphatic heterocycles. The van der Waals surface area contributed by atoms with Gasteiger partial charge in [0.05, 0.1) is 25.1 Å². The zero-order valence-corrected chi connectivity index (χ0v) is 38.0. The highest BCUT2D eigenvalue weighted by atomic mass is 32.2. The minimum Gasteiger partial charge on any atom is -0.407 e. The number of rotatable bonds is 18. The van der Waals surface area contributed by atoms with Crippen molar-refractivity contribution in [2.24, 2.45) is 5.92 Å². The van der Waals surface area contributed by atoms with E-state index in [0.717, 1.165) is 35.8 Å². The van der Waals surface area contributed by atoms with Crippen molar-refractivity contribution < 1.29 is 31.2 Å². The third-order valence-electron chi connectivity index (χ3n) is 11.3. The lowest BCUT2D eigenvalue weighted by Gasteiger charge is -2.49. The summed E-state index contributed by atoms with van der Waals surface area (Å²) < 4.78 is 60.7. The van der Waals surface area contributed by atoms with Gasteiger partial charge in [0, 0.05) is 18.9 Å². The van der Waals surface area contributed by atoms with Crippen molar-refractivity contribution in [1.82, 2.24) is 0 Å². The first-order chi connectivity index (χ1) is 28.7. The molecular weight excluding hydrogens is 785 g/mol. The Labute approximate surface area is 360 Å². The Balaban J connectivity index is 1.43. The van der Waals surface area contributed by atoms with Gasteiger partial charge in [0.1, 0.15) is 11.7 Å². The van der Waals surface area contributed by atoms with Crippen LogP contribution in [-0.4, -0.2) is 60.3 Å². The second-order valence-electron chi connectivity index (χ2n) is 17.2. The summed E-state index contributed by atoms with van der Waals surface area (Å²) in [5.74, 6) is -1.32. The van der Waals surface area contributed by atoms with Crippen LogP contribution in [0.2, 0.25) is 5.04 Å². The highest BCUT2D eigenvalue weighted by Gasteiger charge is 2.52. The quantitative estimate of drug-likeness (QED) is 0.0376. The van der Waals surface area contributed by atoms with Gasteiger partial charge >= 0.3 is 0 Å². The number of unbranched alkanes of at least 4 members (excludes halogenated alkanes) is 1. The monoisotopic (exact) mass is 846 g/mol. The van der Waals surface area contributed by atoms with E-state index in [2.05, 4.69) is 88.4 Å². The molecule has 0 spiro atoms. The molecule has 0 bridgehead atoms. The molecule has 1 saturated heterocycles. The molecule has 1 unspecified atom stereocenters. The number of benzene rings is 5. The van der Waals surface area contributed by atoms with Gasteiger partial charge in [0.25, 0.3) is 18.4 Å². The summed E-state index contributed by atoms with van der Waals surface area (Å²) in [6.07, 6.45) is 5.61. The molecule has 7 nitrogen and oxygen atoms in total. The van der Waals surface area contributed by atoms with Crippen LogP contribution in [0, 0.1) is 5.92 Å². The van der Waals surface area contributed by atoms with Gasteiger partial charge in [-0.05, 0) is 52.4 Å². The van der Waals surface area contributed by atoms with Crippen LogP contribution < -0.4 is 10.4 Å². The van der Waals surface area contributed by atoms with Crippen molar-refractivity contribution in [3.8, 4) is 0 Å². The van der Waals surface area contributed by atoms with E-state index in [9.17, 15) is 8.42 Å². The fourth-order valence-electron chi connectivity index (χ4n) is 8.72. The second kappa shape index (κ2) is 19.7. The van der Waals surface area contributed by atoms with Crippen LogP contribution >= 0.6 is 0 Å². The van der Waals surface area contributed by atoms with Crippen LogP contribution in [0.5, 0.6) is 0 Å². The zero-order chi connectivity index (χ0) is 42.9. The third kappa shape index (κ3) is 10.6. The lowest BCUT2D eigenvalue weighted by Crippen LogP contribution is -2.67. The highest BCUT2D eigenvalue weighted by Crippen LogP contribution is 2.43. The molecule has 5 aromatic rings. The Kier molecular flexibility index (Phi) is 14.9. The van der Waals surface area contributed by atoms with E-state index in [4.69, 9.17) is 22.8 Å². The molecule has 0 N–H and O–H groups in total. The van der Waals surface area contributed by atoms with Gasteiger partial charge in [0.2, 0.25) is 0 Å². The topological polar surface area (TPSA) is 80.3 Å². The fraction of sp³-hybridized carbons (Fsp3) is 0.373. The molecular formula is C51H62O7SSi. The van der Waals surface area contributed by atoms with Gasteiger partial charge in [-0.3, -0.25) is 4.18 Å². The fourth-order valence-corrected chi connectivity index (χ4v) is 13.9.